The maximum Gasteiger partial charge on any atom is 0.420 e. The number of hydrogen-bond donors (Lipinski definition) is 0. The minimum absolute atomic E-state index is 0.0551. The molecule has 0 fully saturated rings. The fraction of sp³-hybridized carbons (Fsp3) is 1.00. The molecule has 0 aliphatic heterocycles. The lowest BCUT2D eigenvalue weighted by atomic mass is 9.34. The van der Waals surface area contributed by atoms with E-state index < -0.39 is 19.3 Å². The van der Waals surface area contributed by atoms with E-state index >= 15 is 0 Å². The van der Waals surface area contributed by atoms with Crippen molar-refractivity contribution in [1.82, 2.24) is 0 Å². The smallest absolute Gasteiger partial charge is 0.307 e. The van der Waals surface area contributed by atoms with Gasteiger partial charge in [0.05, 0.1) is 6.10 Å². The van der Waals surface area contributed by atoms with Crippen LogP contribution in [0.2, 0.25) is 0 Å². The van der Waals surface area contributed by atoms with Gasteiger partial charge in [-0.2, -0.15) is 0 Å². The summed E-state index contributed by atoms with van der Waals surface area (Å²) in [6.07, 6.45) is -0.528. The lowest BCUT2D eigenvalue weighted by Crippen LogP contribution is -2.68. The molecule has 0 heterocycles. The molecule has 0 amide bonds. The predicted octanol–water partition coefficient (Wildman–Crippen LogP) is 10.9. The molecule has 36 heavy (non-hydrogen) atoms. The van der Waals surface area contributed by atoms with Gasteiger partial charge in [-0.15, -0.1) is 0 Å². The van der Waals surface area contributed by atoms with Crippen molar-refractivity contribution in [3.05, 3.63) is 10.4 Å². The van der Waals surface area contributed by atoms with Crippen molar-refractivity contribution in [2.45, 2.75) is 131 Å². The fourth-order valence-corrected chi connectivity index (χ4v) is 9.18. The van der Waals surface area contributed by atoms with E-state index in [9.17, 15) is 10.1 Å². The molecule has 0 spiro atoms. The summed E-state index contributed by atoms with van der Waals surface area (Å²) in [6.45, 7) is 41.3. The summed E-state index contributed by atoms with van der Waals surface area (Å²) in [6, 6.07) is 0. The maximum absolute atomic E-state index is 13.6. The monoisotopic (exact) mass is 529 g/mol. The van der Waals surface area contributed by atoms with Crippen molar-refractivity contribution < 1.29 is 13.6 Å². The minimum Gasteiger partial charge on any atom is -0.307 e. The van der Waals surface area contributed by atoms with E-state index in [-0.39, 0.29) is 44.3 Å². The number of nitrogens with zero attached hydrogens (tertiary/aromatic N) is 3. The largest absolute Gasteiger partial charge is 0.420 e. The molecule has 0 bridgehead atoms. The van der Waals surface area contributed by atoms with Crippen LogP contribution in [0.25, 0.3) is 10.4 Å². The lowest BCUT2D eigenvalue weighted by Gasteiger charge is -2.71. The predicted molar refractivity (Wildman–Crippen MR) is 155 cm³/mol. The quantitative estimate of drug-likeness (QED) is 0.142. The molecule has 3 atom stereocenters. The molecular formula is C29H60N3O3P. The van der Waals surface area contributed by atoms with Gasteiger partial charge in [0.2, 0.25) is 0 Å². The van der Waals surface area contributed by atoms with Gasteiger partial charge in [-0.3, -0.25) is 9.09 Å². The summed E-state index contributed by atoms with van der Waals surface area (Å²) < 4.78 is 25.3. The van der Waals surface area contributed by atoms with Crippen LogP contribution in [0.4, 0.5) is 0 Å². The van der Waals surface area contributed by atoms with Crippen LogP contribution in [0, 0.1) is 49.7 Å². The third-order valence-electron chi connectivity index (χ3n) is 7.88. The van der Waals surface area contributed by atoms with Crippen LogP contribution in [0.5, 0.6) is 0 Å². The van der Waals surface area contributed by atoms with Gasteiger partial charge in [0.25, 0.3) is 0 Å². The first-order valence-corrected chi connectivity index (χ1v) is 14.9. The highest BCUT2D eigenvalue weighted by Gasteiger charge is 2.68. The average Bonchev–Trinajstić information content (AvgIpc) is 2.53. The first kappa shape index (κ1) is 35.5. The molecule has 7 heteroatoms. The fourth-order valence-electron chi connectivity index (χ4n) is 8.16. The first-order valence-electron chi connectivity index (χ1n) is 13.4. The Morgan fingerprint density at radius 1 is 0.667 bits per heavy atom. The molecule has 0 saturated heterocycles. The topological polar surface area (TPSA) is 84.3 Å². The second-order valence-electron chi connectivity index (χ2n) is 17.1. The molecule has 3 unspecified atom stereocenters. The Kier molecular flexibility index (Phi) is 10.4. The summed E-state index contributed by atoms with van der Waals surface area (Å²) >= 11 is 0. The van der Waals surface area contributed by atoms with E-state index in [4.69, 9.17) is 9.05 Å². The Labute approximate surface area is 224 Å². The molecule has 0 N–H and O–H groups in total. The maximum atomic E-state index is 13.6. The molecule has 0 aromatic rings. The van der Waals surface area contributed by atoms with Gasteiger partial charge in [0.15, 0.2) is 0 Å². The molecule has 0 rings (SSSR count). The Bertz CT molecular complexity index is 806. The summed E-state index contributed by atoms with van der Waals surface area (Å²) in [5.74, 6) is 0.141. The normalized spacial score (nSPS) is 18.4. The molecule has 6 nitrogen and oxygen atoms in total. The lowest BCUT2D eigenvalue weighted by molar-refractivity contribution is -0.248. The van der Waals surface area contributed by atoms with Crippen molar-refractivity contribution >= 4 is 7.75 Å². The van der Waals surface area contributed by atoms with Crippen molar-refractivity contribution in [2.75, 3.05) is 7.11 Å². The van der Waals surface area contributed by atoms with Crippen LogP contribution in [0.15, 0.2) is 4.88 Å². The van der Waals surface area contributed by atoms with Crippen molar-refractivity contribution in [3.63, 3.8) is 0 Å². The number of hydrogen-bond acceptors (Lipinski definition) is 3. The molecular weight excluding hydrogens is 469 g/mol. The van der Waals surface area contributed by atoms with Crippen LogP contribution in [0.3, 0.4) is 0 Å². The van der Waals surface area contributed by atoms with Crippen LogP contribution >= 0.6 is 7.75 Å². The third-order valence-corrected chi connectivity index (χ3v) is 9.13. The average molecular weight is 530 g/mol. The summed E-state index contributed by atoms with van der Waals surface area (Å²) in [4.78, 5) is 6.35. The highest BCUT2D eigenvalue weighted by atomic mass is 31.2. The number of azide groups is 1. The van der Waals surface area contributed by atoms with Crippen molar-refractivity contribution in [1.29, 1.82) is 0 Å². The molecule has 0 aromatic carbocycles. The Morgan fingerprint density at radius 2 is 1.03 bits per heavy atom. The standard InChI is InChI=1S/C29H60N3O3P/c1-23(2,3)20(21(24(4,5)6)35-36(33,34-19)32-31-30)29(27(13,14)15,28(16,17)18)22(25(7,8)9)26(10,11)12/h20-22H,1-19H3. The molecule has 0 aliphatic rings. The van der Waals surface area contributed by atoms with E-state index in [2.05, 4.69) is 134 Å². The van der Waals surface area contributed by atoms with E-state index in [1.165, 1.54) is 7.11 Å². The van der Waals surface area contributed by atoms with Crippen LogP contribution in [0.1, 0.15) is 125 Å². The zero-order valence-electron chi connectivity index (χ0n) is 27.2. The van der Waals surface area contributed by atoms with E-state index in [1.807, 2.05) is 0 Å². The van der Waals surface area contributed by atoms with Crippen LogP contribution < -0.4 is 0 Å². The number of rotatable bonds is 7. The Balaban J connectivity index is 8.32. The summed E-state index contributed by atoms with van der Waals surface area (Å²) in [7, 11) is -2.77. The molecule has 0 aliphatic carbocycles. The molecule has 0 aromatic heterocycles. The van der Waals surface area contributed by atoms with Gasteiger partial charge in [-0.05, 0) is 55.3 Å². The Hall–Kier alpha value is -0.540. The second-order valence-corrected chi connectivity index (χ2v) is 18.8. The zero-order valence-corrected chi connectivity index (χ0v) is 28.1. The van der Waals surface area contributed by atoms with E-state index in [0.29, 0.717) is 0 Å². The minimum atomic E-state index is -4.05. The Morgan fingerprint density at radius 3 is 1.22 bits per heavy atom. The molecule has 214 valence electrons. The molecule has 0 saturated carbocycles. The summed E-state index contributed by atoms with van der Waals surface area (Å²) in [5, 5.41) is 0. The van der Waals surface area contributed by atoms with Crippen molar-refractivity contribution in [3.8, 4) is 0 Å². The van der Waals surface area contributed by atoms with Crippen LogP contribution in [-0.4, -0.2) is 13.2 Å². The highest BCUT2D eigenvalue weighted by Crippen LogP contribution is 2.73. The van der Waals surface area contributed by atoms with Gasteiger partial charge in [-0.1, -0.05) is 125 Å². The highest BCUT2D eigenvalue weighted by molar-refractivity contribution is 7.52. The zero-order chi connectivity index (χ0) is 29.6. The van der Waals surface area contributed by atoms with E-state index in [1.54, 1.807) is 0 Å². The van der Waals surface area contributed by atoms with E-state index in [0.717, 1.165) is 0 Å². The van der Waals surface area contributed by atoms with Gasteiger partial charge in [-0.25, -0.2) is 0 Å². The second kappa shape index (κ2) is 10.6. The van der Waals surface area contributed by atoms with Crippen molar-refractivity contribution in [2.24, 2.45) is 54.6 Å². The van der Waals surface area contributed by atoms with Gasteiger partial charge in [0, 0.05) is 16.9 Å². The summed E-state index contributed by atoms with van der Waals surface area (Å²) in [5.41, 5.74) is 7.69. The SMILES string of the molecule is COP(=O)(N=[N+]=[N-])OC(C(C(C)(C)C)C(C(C(C)(C)C)C(C)(C)C)(C(C)(C)C)C(C)(C)C)C(C)(C)C. The van der Waals surface area contributed by atoms with Gasteiger partial charge in [0.1, 0.15) is 0 Å². The first-order chi connectivity index (χ1) is 15.4. The van der Waals surface area contributed by atoms with Gasteiger partial charge >= 0.3 is 7.75 Å². The van der Waals surface area contributed by atoms with Gasteiger partial charge < -0.3 is 4.52 Å². The van der Waals surface area contributed by atoms with Crippen LogP contribution in [-0.2, 0) is 13.6 Å². The third kappa shape index (κ3) is 7.31. The molecule has 0 radical (unpaired) electrons.